The van der Waals surface area contributed by atoms with Crippen LogP contribution in [0.5, 0.6) is 0 Å². The summed E-state index contributed by atoms with van der Waals surface area (Å²) in [7, 11) is -1.53. The minimum absolute atomic E-state index is 0.0736. The molecule has 2 heterocycles. The van der Waals surface area contributed by atoms with E-state index < -0.39 is 10.0 Å². The van der Waals surface area contributed by atoms with Crippen molar-refractivity contribution in [3.05, 3.63) is 11.9 Å². The van der Waals surface area contributed by atoms with Crippen molar-refractivity contribution in [2.24, 2.45) is 7.05 Å². The minimum atomic E-state index is -3.29. The van der Waals surface area contributed by atoms with E-state index >= 15 is 0 Å². The van der Waals surface area contributed by atoms with Crippen molar-refractivity contribution in [2.75, 3.05) is 17.0 Å². The second-order valence-corrected chi connectivity index (χ2v) is 6.25. The van der Waals surface area contributed by atoms with Crippen LogP contribution in [0.15, 0.2) is 6.20 Å². The highest BCUT2D eigenvalue weighted by molar-refractivity contribution is 7.92. The van der Waals surface area contributed by atoms with Crippen LogP contribution in [-0.4, -0.2) is 36.5 Å². The van der Waals surface area contributed by atoms with E-state index in [1.807, 2.05) is 0 Å². The molecule has 1 atom stereocenters. The Morgan fingerprint density at radius 3 is 2.94 bits per heavy atom. The summed E-state index contributed by atoms with van der Waals surface area (Å²) in [6.07, 6.45) is 3.65. The van der Waals surface area contributed by atoms with Crippen molar-refractivity contribution in [2.45, 2.75) is 25.8 Å². The van der Waals surface area contributed by atoms with E-state index in [0.717, 1.165) is 19.4 Å². The lowest BCUT2D eigenvalue weighted by Gasteiger charge is -2.11. The molecule has 7 heteroatoms. The Morgan fingerprint density at radius 2 is 2.41 bits per heavy atom. The molecule has 6 nitrogen and oxygen atoms in total. The van der Waals surface area contributed by atoms with E-state index in [9.17, 15) is 8.42 Å². The third kappa shape index (κ3) is 3.19. The van der Waals surface area contributed by atoms with Crippen LogP contribution in [0.25, 0.3) is 0 Å². The van der Waals surface area contributed by atoms with E-state index in [0.29, 0.717) is 11.4 Å². The Morgan fingerprint density at radius 1 is 1.65 bits per heavy atom. The lowest BCUT2D eigenvalue weighted by atomic mass is 10.3. The van der Waals surface area contributed by atoms with Gasteiger partial charge in [-0.25, -0.2) is 8.42 Å². The molecular weight excluding hydrogens is 240 g/mol. The fourth-order valence-corrected chi connectivity index (χ4v) is 3.51. The van der Waals surface area contributed by atoms with E-state index in [4.69, 9.17) is 0 Å². The maximum Gasteiger partial charge on any atom is 0.234 e. The van der Waals surface area contributed by atoms with Gasteiger partial charge in [-0.3, -0.25) is 9.40 Å². The molecule has 0 spiro atoms. The van der Waals surface area contributed by atoms with E-state index in [1.165, 1.54) is 0 Å². The summed E-state index contributed by atoms with van der Waals surface area (Å²) in [5.41, 5.74) is 1.25. The van der Waals surface area contributed by atoms with Crippen LogP contribution in [0, 0.1) is 6.92 Å². The van der Waals surface area contributed by atoms with Crippen LogP contribution in [-0.2, 0) is 17.1 Å². The number of hydrogen-bond acceptors (Lipinski definition) is 4. The number of nitrogens with zero attached hydrogens (tertiary/aromatic N) is 2. The van der Waals surface area contributed by atoms with Crippen molar-refractivity contribution in [1.29, 1.82) is 0 Å². The molecule has 1 aliphatic heterocycles. The zero-order valence-corrected chi connectivity index (χ0v) is 10.9. The second-order valence-electron chi connectivity index (χ2n) is 4.48. The van der Waals surface area contributed by atoms with Crippen molar-refractivity contribution in [1.82, 2.24) is 15.1 Å². The van der Waals surface area contributed by atoms with Crippen LogP contribution < -0.4 is 10.0 Å². The summed E-state index contributed by atoms with van der Waals surface area (Å²) in [6.45, 7) is 2.69. The van der Waals surface area contributed by atoms with Crippen LogP contribution in [0.3, 0.4) is 0 Å². The Labute approximate surface area is 101 Å². The zero-order valence-electron chi connectivity index (χ0n) is 10.1. The second kappa shape index (κ2) is 4.66. The molecule has 2 rings (SSSR count). The molecule has 0 aliphatic carbocycles. The Balaban J connectivity index is 2.03. The maximum absolute atomic E-state index is 11.9. The number of anilines is 1. The van der Waals surface area contributed by atoms with Crippen molar-refractivity contribution in [3.8, 4) is 0 Å². The predicted molar refractivity (Wildman–Crippen MR) is 66.4 cm³/mol. The minimum Gasteiger partial charge on any atom is -0.313 e. The number of rotatable bonds is 4. The molecule has 1 unspecified atom stereocenters. The molecule has 1 saturated heterocycles. The number of hydrogen-bond donors (Lipinski definition) is 2. The van der Waals surface area contributed by atoms with Gasteiger partial charge in [-0.1, -0.05) is 0 Å². The summed E-state index contributed by atoms with van der Waals surface area (Å²) in [6, 6.07) is 0.0736. The molecule has 1 aromatic rings. The van der Waals surface area contributed by atoms with E-state index in [2.05, 4.69) is 15.1 Å². The summed E-state index contributed by atoms with van der Waals surface area (Å²) >= 11 is 0. The van der Waals surface area contributed by atoms with Gasteiger partial charge in [0, 0.05) is 19.3 Å². The van der Waals surface area contributed by atoms with Crippen molar-refractivity contribution < 1.29 is 8.42 Å². The molecule has 96 valence electrons. The molecule has 0 aromatic carbocycles. The first-order valence-electron chi connectivity index (χ1n) is 5.70. The Bertz CT molecular complexity index is 488. The SMILES string of the molecule is Cc1nn(C)cc1NS(=O)(=O)CC1CCCN1. The highest BCUT2D eigenvalue weighted by Gasteiger charge is 2.22. The van der Waals surface area contributed by atoms with Gasteiger partial charge in [0.15, 0.2) is 0 Å². The monoisotopic (exact) mass is 258 g/mol. The maximum atomic E-state index is 11.9. The lowest BCUT2D eigenvalue weighted by molar-refractivity contribution is 0.581. The van der Waals surface area contributed by atoms with Gasteiger partial charge >= 0.3 is 0 Å². The molecule has 1 aliphatic rings. The van der Waals surface area contributed by atoms with Crippen molar-refractivity contribution >= 4 is 15.7 Å². The number of sulfonamides is 1. The van der Waals surface area contributed by atoms with E-state index in [-0.39, 0.29) is 11.8 Å². The molecule has 2 N–H and O–H groups in total. The van der Waals surface area contributed by atoms with Gasteiger partial charge in [-0.2, -0.15) is 5.10 Å². The summed E-state index contributed by atoms with van der Waals surface area (Å²) in [5, 5.41) is 7.28. The molecule has 0 saturated carbocycles. The van der Waals surface area contributed by atoms with Crippen LogP contribution in [0.2, 0.25) is 0 Å². The normalized spacial score (nSPS) is 20.7. The fourth-order valence-electron chi connectivity index (χ4n) is 2.07. The molecule has 1 fully saturated rings. The summed E-state index contributed by atoms with van der Waals surface area (Å²) in [4.78, 5) is 0. The van der Waals surface area contributed by atoms with Gasteiger partial charge in [0.05, 0.1) is 17.1 Å². The smallest absolute Gasteiger partial charge is 0.234 e. The first kappa shape index (κ1) is 12.4. The van der Waals surface area contributed by atoms with Gasteiger partial charge in [0.1, 0.15) is 0 Å². The Kier molecular flexibility index (Phi) is 3.39. The summed E-state index contributed by atoms with van der Waals surface area (Å²) in [5.74, 6) is 0.126. The number of aromatic nitrogens is 2. The average Bonchev–Trinajstić information content (AvgIpc) is 2.76. The highest BCUT2D eigenvalue weighted by atomic mass is 32.2. The molecular formula is C10H18N4O2S. The largest absolute Gasteiger partial charge is 0.313 e. The highest BCUT2D eigenvalue weighted by Crippen LogP contribution is 2.15. The van der Waals surface area contributed by atoms with Crippen LogP contribution >= 0.6 is 0 Å². The first-order chi connectivity index (χ1) is 7.96. The third-order valence-electron chi connectivity index (χ3n) is 2.86. The van der Waals surface area contributed by atoms with Gasteiger partial charge in [-0.15, -0.1) is 0 Å². The van der Waals surface area contributed by atoms with Gasteiger partial charge < -0.3 is 5.32 Å². The number of aryl methyl sites for hydroxylation is 2. The predicted octanol–water partition coefficient (Wildman–Crippen LogP) is 0.222. The van der Waals surface area contributed by atoms with E-state index in [1.54, 1.807) is 24.9 Å². The van der Waals surface area contributed by atoms with Gasteiger partial charge in [0.25, 0.3) is 0 Å². The van der Waals surface area contributed by atoms with Crippen LogP contribution in [0.1, 0.15) is 18.5 Å². The average molecular weight is 258 g/mol. The molecule has 0 bridgehead atoms. The van der Waals surface area contributed by atoms with Crippen molar-refractivity contribution in [3.63, 3.8) is 0 Å². The third-order valence-corrected chi connectivity index (χ3v) is 4.23. The molecule has 0 amide bonds. The standard InChI is InChI=1S/C10H18N4O2S/c1-8-10(6-14(2)12-8)13-17(15,16)7-9-4-3-5-11-9/h6,9,11,13H,3-5,7H2,1-2H3. The Hall–Kier alpha value is -1.08. The van der Waals surface area contributed by atoms with Crippen LogP contribution in [0.4, 0.5) is 5.69 Å². The molecule has 0 radical (unpaired) electrons. The number of nitrogens with one attached hydrogen (secondary N) is 2. The lowest BCUT2D eigenvalue weighted by Crippen LogP contribution is -2.32. The summed E-state index contributed by atoms with van der Waals surface area (Å²) < 4.78 is 28.0. The molecule has 17 heavy (non-hydrogen) atoms. The van der Waals surface area contributed by atoms with Gasteiger partial charge in [0.2, 0.25) is 10.0 Å². The fraction of sp³-hybridized carbons (Fsp3) is 0.700. The quantitative estimate of drug-likeness (QED) is 0.810. The topological polar surface area (TPSA) is 76.0 Å². The zero-order chi connectivity index (χ0) is 12.5. The molecule has 1 aromatic heterocycles. The van der Waals surface area contributed by atoms with Gasteiger partial charge in [-0.05, 0) is 26.3 Å². The first-order valence-corrected chi connectivity index (χ1v) is 7.35.